The van der Waals surface area contributed by atoms with Crippen molar-refractivity contribution >= 4 is 6.21 Å². The zero-order valence-electron chi connectivity index (χ0n) is 14.4. The van der Waals surface area contributed by atoms with E-state index in [2.05, 4.69) is 35.5 Å². The lowest BCUT2D eigenvalue weighted by Gasteiger charge is -2.12. The fourth-order valence-corrected chi connectivity index (χ4v) is 3.62. The Bertz CT molecular complexity index is 985. The molecule has 0 N–H and O–H groups in total. The topological polar surface area (TPSA) is 63.2 Å². The van der Waals surface area contributed by atoms with Gasteiger partial charge in [-0.25, -0.2) is 0 Å². The number of aryl methyl sites for hydroxylation is 1. The van der Waals surface area contributed by atoms with Crippen LogP contribution in [0.5, 0.6) is 0 Å². The molecule has 0 aromatic heterocycles. The predicted octanol–water partition coefficient (Wildman–Crippen LogP) is 3.97. The molecule has 2 aromatic carbocycles. The number of allylic oxidation sites excluding steroid dienone is 1. The molecule has 2 aliphatic rings. The second-order valence-corrected chi connectivity index (χ2v) is 6.74. The van der Waals surface area contributed by atoms with Gasteiger partial charge in [0.05, 0.1) is 31.3 Å². The first-order valence-corrected chi connectivity index (χ1v) is 8.74. The molecule has 0 saturated carbocycles. The van der Waals surface area contributed by atoms with Crippen molar-refractivity contribution in [1.82, 2.24) is 4.90 Å². The number of hydrogen-bond acceptors (Lipinski definition) is 4. The highest BCUT2D eigenvalue weighted by molar-refractivity contribution is 5.75. The predicted molar refractivity (Wildman–Crippen MR) is 101 cm³/mol. The summed E-state index contributed by atoms with van der Waals surface area (Å²) in [7, 11) is 0. The van der Waals surface area contributed by atoms with Crippen molar-refractivity contribution in [3.05, 3.63) is 70.3 Å². The Morgan fingerprint density at radius 2 is 1.88 bits per heavy atom. The van der Waals surface area contributed by atoms with Crippen molar-refractivity contribution in [2.45, 2.75) is 25.9 Å². The average Bonchev–Trinajstić information content (AvgIpc) is 3.35. The van der Waals surface area contributed by atoms with E-state index >= 15 is 0 Å². The highest BCUT2D eigenvalue weighted by Crippen LogP contribution is 2.34. The first-order valence-electron chi connectivity index (χ1n) is 8.74. The molecule has 4 nitrogen and oxygen atoms in total. The Hall–Kier alpha value is -3.37. The van der Waals surface area contributed by atoms with Gasteiger partial charge in [0, 0.05) is 6.21 Å². The molecule has 0 atom stereocenters. The lowest BCUT2D eigenvalue weighted by atomic mass is 9.92. The van der Waals surface area contributed by atoms with Gasteiger partial charge in [-0.1, -0.05) is 24.3 Å². The molecule has 0 fully saturated rings. The third kappa shape index (κ3) is 3.10. The smallest absolute Gasteiger partial charge is 0.179 e. The Labute approximate surface area is 153 Å². The maximum atomic E-state index is 9.30. The highest BCUT2D eigenvalue weighted by atomic mass is 15.1. The zero-order valence-corrected chi connectivity index (χ0v) is 14.4. The van der Waals surface area contributed by atoms with Crippen molar-refractivity contribution in [3.63, 3.8) is 0 Å². The Kier molecular flexibility index (Phi) is 4.25. The van der Waals surface area contributed by atoms with E-state index < -0.39 is 0 Å². The van der Waals surface area contributed by atoms with Gasteiger partial charge in [0.15, 0.2) is 6.19 Å². The lowest BCUT2D eigenvalue weighted by Crippen LogP contribution is -2.07. The molecule has 4 heteroatoms. The fraction of sp³-hybridized carbons (Fsp3) is 0.227. The lowest BCUT2D eigenvalue weighted by molar-refractivity contribution is 0.417. The molecule has 126 valence electrons. The second-order valence-electron chi connectivity index (χ2n) is 6.74. The van der Waals surface area contributed by atoms with E-state index in [4.69, 9.17) is 5.26 Å². The number of hydrogen-bond donors (Lipinski definition) is 0. The van der Waals surface area contributed by atoms with E-state index in [-0.39, 0.29) is 0 Å². The van der Waals surface area contributed by atoms with Gasteiger partial charge in [-0.2, -0.15) is 10.5 Å². The van der Waals surface area contributed by atoms with E-state index in [9.17, 15) is 5.26 Å². The van der Waals surface area contributed by atoms with Gasteiger partial charge in [0.25, 0.3) is 0 Å². The van der Waals surface area contributed by atoms with E-state index in [1.165, 1.54) is 27.8 Å². The van der Waals surface area contributed by atoms with Gasteiger partial charge in [-0.05, 0) is 64.4 Å². The molecular formula is C22H18N4. The van der Waals surface area contributed by atoms with Crippen LogP contribution >= 0.6 is 0 Å². The third-order valence-corrected chi connectivity index (χ3v) is 5.02. The summed E-state index contributed by atoms with van der Waals surface area (Å²) in [5, 5.41) is 18.3. The summed E-state index contributed by atoms with van der Waals surface area (Å²) in [4.78, 5) is 6.04. The van der Waals surface area contributed by atoms with Gasteiger partial charge in [0.1, 0.15) is 0 Å². The molecule has 0 saturated heterocycles. The second kappa shape index (κ2) is 6.86. The summed E-state index contributed by atoms with van der Waals surface area (Å²) in [5.41, 5.74) is 8.05. The van der Waals surface area contributed by atoms with Crippen LogP contribution < -0.4 is 0 Å². The summed E-state index contributed by atoms with van der Waals surface area (Å²) in [6.45, 7) is 2.14. The van der Waals surface area contributed by atoms with Crippen molar-refractivity contribution in [2.24, 2.45) is 4.99 Å². The first-order chi connectivity index (χ1) is 12.8. The molecule has 0 radical (unpaired) electrons. The van der Waals surface area contributed by atoms with Crippen LogP contribution in [0.1, 0.15) is 28.7 Å². The number of aliphatic imine (C=N–C) groups is 1. The van der Waals surface area contributed by atoms with Crippen LogP contribution in [-0.4, -0.2) is 17.7 Å². The van der Waals surface area contributed by atoms with Crippen LogP contribution in [0.15, 0.2) is 53.0 Å². The molecule has 0 spiro atoms. The van der Waals surface area contributed by atoms with Crippen molar-refractivity contribution in [3.8, 4) is 23.4 Å². The summed E-state index contributed by atoms with van der Waals surface area (Å²) < 4.78 is 0. The average molecular weight is 338 g/mol. The van der Waals surface area contributed by atoms with Crippen molar-refractivity contribution in [2.75, 3.05) is 6.54 Å². The van der Waals surface area contributed by atoms with Crippen LogP contribution in [0.4, 0.5) is 0 Å². The Balaban J connectivity index is 1.69. The molecule has 4 rings (SSSR count). The van der Waals surface area contributed by atoms with Crippen LogP contribution in [-0.2, 0) is 19.5 Å². The summed E-state index contributed by atoms with van der Waals surface area (Å²) in [5.74, 6) is 0. The molecule has 2 aliphatic heterocycles. The zero-order chi connectivity index (χ0) is 17.9. The third-order valence-electron chi connectivity index (χ3n) is 5.02. The minimum Gasteiger partial charge on any atom is -0.302 e. The number of nitriles is 2. The normalized spacial score (nSPS) is 14.7. The minimum atomic E-state index is 0.653. The maximum absolute atomic E-state index is 9.30. The summed E-state index contributed by atoms with van der Waals surface area (Å²) in [6, 6.07) is 14.4. The van der Waals surface area contributed by atoms with Gasteiger partial charge in [-0.3, -0.25) is 4.99 Å². The molecule has 2 heterocycles. The monoisotopic (exact) mass is 338 g/mol. The summed E-state index contributed by atoms with van der Waals surface area (Å²) in [6.07, 6.45) is 8.23. The molecule has 0 aliphatic carbocycles. The van der Waals surface area contributed by atoms with Gasteiger partial charge >= 0.3 is 0 Å². The highest BCUT2D eigenvalue weighted by Gasteiger charge is 2.22. The molecule has 2 aromatic rings. The quantitative estimate of drug-likeness (QED) is 0.793. The Morgan fingerprint density at radius 1 is 1.04 bits per heavy atom. The van der Waals surface area contributed by atoms with Crippen LogP contribution in [0.3, 0.4) is 0 Å². The van der Waals surface area contributed by atoms with Gasteiger partial charge in [-0.15, -0.1) is 0 Å². The van der Waals surface area contributed by atoms with Crippen molar-refractivity contribution in [1.29, 1.82) is 10.5 Å². The number of fused-ring (bicyclic) bond motifs is 1. The molecular weight excluding hydrogens is 320 g/mol. The van der Waals surface area contributed by atoms with Crippen LogP contribution in [0.2, 0.25) is 0 Å². The largest absolute Gasteiger partial charge is 0.302 e. The van der Waals surface area contributed by atoms with E-state index in [1.54, 1.807) is 4.90 Å². The number of rotatable bonds is 4. The molecule has 26 heavy (non-hydrogen) atoms. The fourth-order valence-electron chi connectivity index (χ4n) is 3.62. The maximum Gasteiger partial charge on any atom is 0.179 e. The molecule has 0 unspecified atom stereocenters. The van der Waals surface area contributed by atoms with Crippen LogP contribution in [0.25, 0.3) is 11.1 Å². The number of nitrogens with zero attached hydrogens (tertiary/aromatic N) is 4. The van der Waals surface area contributed by atoms with E-state index in [0.717, 1.165) is 24.9 Å². The SMILES string of the molecule is N#Cc1ccc(-c2cc(CCC3=CC=NC3)cc3c2CN(C#N)C3)cc1. The standard InChI is InChI=1S/C22H18N4/c23-11-16-3-5-19(6-4-16)21-10-18(2-1-17-7-8-25-12-17)9-20-13-26(15-24)14-22(20)21/h3-10H,1-2,12-14H2. The van der Waals surface area contributed by atoms with E-state index in [0.29, 0.717) is 18.7 Å². The van der Waals surface area contributed by atoms with Gasteiger partial charge < -0.3 is 4.90 Å². The summed E-state index contributed by atoms with van der Waals surface area (Å²) >= 11 is 0. The Morgan fingerprint density at radius 3 is 2.58 bits per heavy atom. The molecule has 0 amide bonds. The first kappa shape index (κ1) is 16.1. The van der Waals surface area contributed by atoms with Gasteiger partial charge in [0.2, 0.25) is 0 Å². The minimum absolute atomic E-state index is 0.653. The van der Waals surface area contributed by atoms with Crippen LogP contribution in [0, 0.1) is 22.8 Å². The van der Waals surface area contributed by atoms with E-state index in [1.807, 2.05) is 30.5 Å². The number of benzene rings is 2. The molecule has 0 bridgehead atoms. The van der Waals surface area contributed by atoms with Crippen molar-refractivity contribution < 1.29 is 0 Å².